The van der Waals surface area contributed by atoms with Gasteiger partial charge in [-0.1, -0.05) is 47.5 Å². The molecule has 128 valence electrons. The molecular weight excluding hydrogens is 322 g/mol. The molecule has 0 spiro atoms. The number of rotatable bonds is 3. The summed E-state index contributed by atoms with van der Waals surface area (Å²) in [7, 11) is 0. The van der Waals surface area contributed by atoms with Crippen LogP contribution in [0.25, 0.3) is 11.1 Å². The van der Waals surface area contributed by atoms with Gasteiger partial charge in [0.25, 0.3) is 5.55 Å². The number of para-hydroxylation sites is 2. The highest BCUT2D eigenvalue weighted by Crippen LogP contribution is 2.18. The minimum atomic E-state index is 0.452. The predicted molar refractivity (Wildman–Crippen MR) is 105 cm³/mol. The molecule has 0 aliphatic rings. The molecule has 26 heavy (non-hydrogen) atoms. The fraction of sp³-hybridized carbons (Fsp3) is 0.0909. The van der Waals surface area contributed by atoms with Crippen LogP contribution in [0.1, 0.15) is 11.1 Å². The van der Waals surface area contributed by atoms with E-state index in [2.05, 4.69) is 36.3 Å². The Morgan fingerprint density at radius 2 is 1.46 bits per heavy atom. The summed E-state index contributed by atoms with van der Waals surface area (Å²) in [5.74, 6) is 0.591. The van der Waals surface area contributed by atoms with Gasteiger partial charge in [0.2, 0.25) is 0 Å². The molecule has 4 heteroatoms. The Labute approximate surface area is 151 Å². The van der Waals surface area contributed by atoms with Crippen LogP contribution in [0.3, 0.4) is 0 Å². The zero-order valence-corrected chi connectivity index (χ0v) is 14.7. The Bertz CT molecular complexity index is 1110. The van der Waals surface area contributed by atoms with Gasteiger partial charge in [-0.15, -0.1) is 0 Å². The Balaban J connectivity index is 1.85. The summed E-state index contributed by atoms with van der Waals surface area (Å²) in [6, 6.07) is 23.8. The molecule has 0 bridgehead atoms. The number of hydrogen-bond acceptors (Lipinski definition) is 4. The van der Waals surface area contributed by atoms with Crippen molar-refractivity contribution in [1.82, 2.24) is 4.98 Å². The first-order valence-corrected chi connectivity index (χ1v) is 8.52. The number of anilines is 2. The third-order valence-corrected chi connectivity index (χ3v) is 4.09. The molecule has 0 unspecified atom stereocenters. The highest BCUT2D eigenvalue weighted by Gasteiger charge is 2.06. The van der Waals surface area contributed by atoms with Crippen molar-refractivity contribution in [2.24, 2.45) is 4.99 Å². The molecule has 4 aromatic rings. The van der Waals surface area contributed by atoms with E-state index >= 15 is 0 Å². The van der Waals surface area contributed by atoms with E-state index in [1.54, 1.807) is 0 Å². The number of aromatic nitrogens is 1. The standard InChI is InChI=1S/C22H19N3O/c1-15-7-11-17(12-8-15)23-21-22(24-18-13-9-16(2)10-14-18)26-20-6-4-3-5-19(20)25-21/h3-14H,1-2H3,(H,23,25). The van der Waals surface area contributed by atoms with E-state index in [-0.39, 0.29) is 0 Å². The molecule has 4 rings (SSSR count). The molecule has 0 aliphatic carbocycles. The molecule has 0 fully saturated rings. The molecule has 1 aromatic heterocycles. The first kappa shape index (κ1) is 16.1. The van der Waals surface area contributed by atoms with Gasteiger partial charge in [-0.25, -0.2) is 9.98 Å². The quantitative estimate of drug-likeness (QED) is 0.541. The SMILES string of the molecule is Cc1ccc(N=c2oc3ccccc3nc2Nc2ccc(C)cc2)cc1. The van der Waals surface area contributed by atoms with Gasteiger partial charge in [-0.05, 0) is 50.2 Å². The molecule has 0 aliphatic heterocycles. The van der Waals surface area contributed by atoms with Crippen molar-refractivity contribution in [3.05, 3.63) is 89.5 Å². The average Bonchev–Trinajstić information content (AvgIpc) is 2.66. The number of benzene rings is 3. The van der Waals surface area contributed by atoms with Crippen LogP contribution in [0.15, 0.2) is 82.2 Å². The molecule has 0 saturated heterocycles. The second kappa shape index (κ2) is 6.84. The fourth-order valence-electron chi connectivity index (χ4n) is 2.62. The smallest absolute Gasteiger partial charge is 0.263 e. The van der Waals surface area contributed by atoms with Gasteiger partial charge in [-0.3, -0.25) is 0 Å². The van der Waals surface area contributed by atoms with Gasteiger partial charge in [-0.2, -0.15) is 0 Å². The summed E-state index contributed by atoms with van der Waals surface area (Å²) < 4.78 is 6.03. The topological polar surface area (TPSA) is 50.4 Å². The molecular formula is C22H19N3O. The zero-order valence-electron chi connectivity index (χ0n) is 14.7. The number of fused-ring (bicyclic) bond motifs is 1. The van der Waals surface area contributed by atoms with Crippen LogP contribution in [0.2, 0.25) is 0 Å². The summed E-state index contributed by atoms with van der Waals surface area (Å²) in [6.45, 7) is 4.11. The lowest BCUT2D eigenvalue weighted by Crippen LogP contribution is -2.11. The normalized spacial score (nSPS) is 11.7. The number of nitrogens with zero attached hydrogens (tertiary/aromatic N) is 2. The molecule has 0 atom stereocenters. The third-order valence-electron chi connectivity index (χ3n) is 4.09. The summed E-state index contributed by atoms with van der Waals surface area (Å²) in [4.78, 5) is 9.36. The lowest BCUT2D eigenvalue weighted by Gasteiger charge is -2.07. The minimum Gasteiger partial charge on any atom is -0.434 e. The van der Waals surface area contributed by atoms with Crippen molar-refractivity contribution in [2.45, 2.75) is 13.8 Å². The van der Waals surface area contributed by atoms with E-state index in [0.29, 0.717) is 17.0 Å². The largest absolute Gasteiger partial charge is 0.434 e. The summed E-state index contributed by atoms with van der Waals surface area (Å²) >= 11 is 0. The highest BCUT2D eigenvalue weighted by atomic mass is 16.3. The molecule has 0 radical (unpaired) electrons. The Hall–Kier alpha value is -3.40. The minimum absolute atomic E-state index is 0.452. The van der Waals surface area contributed by atoms with Crippen molar-refractivity contribution in [3.63, 3.8) is 0 Å². The monoisotopic (exact) mass is 341 g/mol. The molecule has 4 nitrogen and oxygen atoms in total. The summed E-state index contributed by atoms with van der Waals surface area (Å²) in [5.41, 5.74) is 6.09. The van der Waals surface area contributed by atoms with Crippen molar-refractivity contribution < 1.29 is 4.42 Å². The van der Waals surface area contributed by atoms with Crippen molar-refractivity contribution in [1.29, 1.82) is 0 Å². The Morgan fingerprint density at radius 3 is 2.19 bits per heavy atom. The van der Waals surface area contributed by atoms with Crippen LogP contribution in [-0.4, -0.2) is 4.98 Å². The van der Waals surface area contributed by atoms with E-state index in [4.69, 9.17) is 9.40 Å². The second-order valence-electron chi connectivity index (χ2n) is 6.27. The van der Waals surface area contributed by atoms with Crippen LogP contribution < -0.4 is 10.9 Å². The van der Waals surface area contributed by atoms with Crippen molar-refractivity contribution in [2.75, 3.05) is 5.32 Å². The van der Waals surface area contributed by atoms with Gasteiger partial charge in [0.05, 0.1) is 5.69 Å². The third kappa shape index (κ3) is 3.49. The fourth-order valence-corrected chi connectivity index (χ4v) is 2.62. The van der Waals surface area contributed by atoms with Crippen LogP contribution in [0, 0.1) is 13.8 Å². The van der Waals surface area contributed by atoms with E-state index in [9.17, 15) is 0 Å². The zero-order chi connectivity index (χ0) is 17.9. The first-order valence-electron chi connectivity index (χ1n) is 8.52. The predicted octanol–water partition coefficient (Wildman–Crippen LogP) is 5.42. The van der Waals surface area contributed by atoms with Gasteiger partial charge in [0.15, 0.2) is 11.4 Å². The molecule has 1 heterocycles. The van der Waals surface area contributed by atoms with Crippen LogP contribution in [0.4, 0.5) is 17.2 Å². The highest BCUT2D eigenvalue weighted by molar-refractivity contribution is 5.73. The maximum Gasteiger partial charge on any atom is 0.263 e. The Morgan fingerprint density at radius 1 is 0.808 bits per heavy atom. The van der Waals surface area contributed by atoms with E-state index in [1.807, 2.05) is 60.7 Å². The van der Waals surface area contributed by atoms with Gasteiger partial charge in [0.1, 0.15) is 5.52 Å². The van der Waals surface area contributed by atoms with Crippen LogP contribution >= 0.6 is 0 Å². The maximum atomic E-state index is 6.03. The lowest BCUT2D eigenvalue weighted by atomic mass is 10.2. The van der Waals surface area contributed by atoms with E-state index in [0.717, 1.165) is 16.9 Å². The number of nitrogens with one attached hydrogen (secondary N) is 1. The van der Waals surface area contributed by atoms with Gasteiger partial charge >= 0.3 is 0 Å². The average molecular weight is 341 g/mol. The summed E-state index contributed by atoms with van der Waals surface area (Å²) in [5, 5.41) is 3.32. The van der Waals surface area contributed by atoms with E-state index in [1.165, 1.54) is 11.1 Å². The molecule has 0 saturated carbocycles. The van der Waals surface area contributed by atoms with Crippen molar-refractivity contribution >= 4 is 28.3 Å². The van der Waals surface area contributed by atoms with Gasteiger partial charge < -0.3 is 9.73 Å². The Kier molecular flexibility index (Phi) is 4.23. The molecule has 3 aromatic carbocycles. The number of hydrogen-bond donors (Lipinski definition) is 1. The summed E-state index contributed by atoms with van der Waals surface area (Å²) in [6.07, 6.45) is 0. The molecule has 1 N–H and O–H groups in total. The lowest BCUT2D eigenvalue weighted by molar-refractivity contribution is 0.542. The van der Waals surface area contributed by atoms with E-state index < -0.39 is 0 Å². The maximum absolute atomic E-state index is 6.03. The van der Waals surface area contributed by atoms with Crippen LogP contribution in [-0.2, 0) is 0 Å². The first-order chi connectivity index (χ1) is 12.7. The van der Waals surface area contributed by atoms with Crippen LogP contribution in [0.5, 0.6) is 0 Å². The van der Waals surface area contributed by atoms with Gasteiger partial charge in [0, 0.05) is 5.69 Å². The van der Waals surface area contributed by atoms with Crippen molar-refractivity contribution in [3.8, 4) is 0 Å². The second-order valence-corrected chi connectivity index (χ2v) is 6.27. The number of aryl methyl sites for hydroxylation is 2. The molecule has 0 amide bonds.